The van der Waals surface area contributed by atoms with E-state index in [9.17, 15) is 0 Å². The summed E-state index contributed by atoms with van der Waals surface area (Å²) < 4.78 is 0. The van der Waals surface area contributed by atoms with Gasteiger partial charge in [0.1, 0.15) is 0 Å². The smallest absolute Gasteiger partial charge is 0.0438 e. The highest BCUT2D eigenvalue weighted by Gasteiger charge is 2.13. The van der Waals surface area contributed by atoms with Crippen molar-refractivity contribution in [2.45, 2.75) is 32.1 Å². The molecular weight excluding hydrogens is 218 g/mol. The molecule has 0 radical (unpaired) electrons. The molecule has 0 aliphatic heterocycles. The normalized spacial score (nSPS) is 16.8. The quantitative estimate of drug-likeness (QED) is 0.771. The van der Waals surface area contributed by atoms with E-state index in [0.29, 0.717) is 0 Å². The van der Waals surface area contributed by atoms with Crippen molar-refractivity contribution in [2.75, 3.05) is 13.1 Å². The van der Waals surface area contributed by atoms with Crippen molar-refractivity contribution >= 4 is 11.6 Å². The predicted molar refractivity (Wildman–Crippen MR) is 70.0 cm³/mol. The molecule has 1 N–H and O–H groups in total. The fraction of sp³-hybridized carbons (Fsp3) is 0.571. The molecule has 0 unspecified atom stereocenters. The molecule has 1 fully saturated rings. The van der Waals surface area contributed by atoms with Crippen molar-refractivity contribution in [3.63, 3.8) is 0 Å². The molecule has 0 heterocycles. The van der Waals surface area contributed by atoms with Crippen molar-refractivity contribution in [3.8, 4) is 0 Å². The number of halogens is 1. The molecule has 1 aliphatic rings. The molecule has 2 heteroatoms. The van der Waals surface area contributed by atoms with Gasteiger partial charge >= 0.3 is 0 Å². The van der Waals surface area contributed by atoms with E-state index in [1.165, 1.54) is 37.8 Å². The molecule has 88 valence electrons. The molecule has 0 saturated heterocycles. The van der Waals surface area contributed by atoms with Gasteiger partial charge in [-0.15, -0.1) is 0 Å². The average Bonchev–Trinajstić information content (AvgIpc) is 2.79. The molecule has 0 aromatic heterocycles. The highest BCUT2D eigenvalue weighted by Crippen LogP contribution is 2.23. The van der Waals surface area contributed by atoms with Gasteiger partial charge in [0.2, 0.25) is 0 Å². The Kier molecular flexibility index (Phi) is 4.68. The van der Waals surface area contributed by atoms with Crippen molar-refractivity contribution < 1.29 is 0 Å². The number of hydrogen-bond donors (Lipinski definition) is 1. The summed E-state index contributed by atoms with van der Waals surface area (Å²) in [5.41, 5.74) is 1.25. The Morgan fingerprint density at radius 2 is 1.94 bits per heavy atom. The van der Waals surface area contributed by atoms with Gasteiger partial charge in [-0.25, -0.2) is 0 Å². The van der Waals surface area contributed by atoms with Crippen molar-refractivity contribution in [3.05, 3.63) is 34.9 Å². The third kappa shape index (κ3) is 3.50. The summed E-state index contributed by atoms with van der Waals surface area (Å²) in [6.07, 6.45) is 6.72. The number of rotatable bonds is 5. The highest BCUT2D eigenvalue weighted by atomic mass is 35.5. The van der Waals surface area contributed by atoms with Gasteiger partial charge in [0.25, 0.3) is 0 Å². The van der Waals surface area contributed by atoms with Crippen LogP contribution in [0.25, 0.3) is 0 Å². The van der Waals surface area contributed by atoms with E-state index in [4.69, 9.17) is 11.6 Å². The van der Waals surface area contributed by atoms with Crippen LogP contribution in [0.4, 0.5) is 0 Å². The van der Waals surface area contributed by atoms with Gasteiger partial charge in [0, 0.05) is 5.02 Å². The zero-order valence-corrected chi connectivity index (χ0v) is 10.5. The van der Waals surface area contributed by atoms with E-state index >= 15 is 0 Å². The van der Waals surface area contributed by atoms with Crippen LogP contribution in [0.3, 0.4) is 0 Å². The van der Waals surface area contributed by atoms with Gasteiger partial charge in [-0.2, -0.15) is 0 Å². The van der Waals surface area contributed by atoms with E-state index in [1.807, 2.05) is 12.1 Å². The maximum Gasteiger partial charge on any atom is 0.0438 e. The van der Waals surface area contributed by atoms with Crippen molar-refractivity contribution in [2.24, 2.45) is 5.92 Å². The number of nitrogens with one attached hydrogen (secondary N) is 1. The molecule has 0 spiro atoms. The Morgan fingerprint density at radius 1 is 1.19 bits per heavy atom. The Labute approximate surface area is 103 Å². The summed E-state index contributed by atoms with van der Waals surface area (Å²) in [5.74, 6) is 0.922. The van der Waals surface area contributed by atoms with E-state index < -0.39 is 0 Å². The van der Waals surface area contributed by atoms with Gasteiger partial charge < -0.3 is 5.32 Å². The van der Waals surface area contributed by atoms with Gasteiger partial charge in [-0.1, -0.05) is 42.6 Å². The summed E-state index contributed by atoms with van der Waals surface area (Å²) in [6, 6.07) is 8.11. The lowest BCUT2D eigenvalue weighted by Gasteiger charge is -2.10. The van der Waals surface area contributed by atoms with Gasteiger partial charge in [0.15, 0.2) is 0 Å². The first kappa shape index (κ1) is 11.9. The van der Waals surface area contributed by atoms with Crippen molar-refractivity contribution in [1.29, 1.82) is 0 Å². The summed E-state index contributed by atoms with van der Waals surface area (Å²) in [5, 5.41) is 4.44. The Balaban J connectivity index is 1.66. The minimum atomic E-state index is 0.894. The number of hydrogen-bond acceptors (Lipinski definition) is 1. The second-order valence-electron chi connectivity index (χ2n) is 4.70. The fourth-order valence-electron chi connectivity index (χ4n) is 2.44. The second kappa shape index (κ2) is 6.27. The molecule has 16 heavy (non-hydrogen) atoms. The lowest BCUT2D eigenvalue weighted by molar-refractivity contribution is 0.492. The van der Waals surface area contributed by atoms with Crippen LogP contribution < -0.4 is 5.32 Å². The minimum Gasteiger partial charge on any atom is -0.316 e. The molecule has 2 rings (SSSR count). The van der Waals surface area contributed by atoms with Crippen LogP contribution in [0.5, 0.6) is 0 Å². The monoisotopic (exact) mass is 237 g/mol. The first-order valence-corrected chi connectivity index (χ1v) is 6.68. The lowest BCUT2D eigenvalue weighted by atomic mass is 10.1. The van der Waals surface area contributed by atoms with Gasteiger partial charge in [-0.05, 0) is 49.9 Å². The standard InChI is InChI=1S/C14H20ClN/c15-14-8-4-3-7-13(14)9-10-16-11-12-5-1-2-6-12/h3-4,7-8,12,16H,1-2,5-6,9-11H2. The first-order chi connectivity index (χ1) is 7.86. The molecule has 1 aromatic carbocycles. The summed E-state index contributed by atoms with van der Waals surface area (Å²) in [7, 11) is 0. The SMILES string of the molecule is Clc1ccccc1CCNCC1CCCC1. The third-order valence-electron chi connectivity index (χ3n) is 3.44. The summed E-state index contributed by atoms with van der Waals surface area (Å²) in [6.45, 7) is 2.23. The molecule has 0 amide bonds. The van der Waals surface area contributed by atoms with Crippen LogP contribution in [-0.4, -0.2) is 13.1 Å². The summed E-state index contributed by atoms with van der Waals surface area (Å²) in [4.78, 5) is 0. The van der Waals surface area contributed by atoms with E-state index in [0.717, 1.165) is 23.9 Å². The maximum atomic E-state index is 6.10. The Morgan fingerprint density at radius 3 is 2.69 bits per heavy atom. The van der Waals surface area contributed by atoms with E-state index in [1.54, 1.807) is 0 Å². The molecular formula is C14H20ClN. The number of benzene rings is 1. The molecule has 1 nitrogen and oxygen atoms in total. The van der Waals surface area contributed by atoms with Crippen LogP contribution in [0, 0.1) is 5.92 Å². The zero-order chi connectivity index (χ0) is 11.2. The minimum absolute atomic E-state index is 0.894. The molecule has 0 atom stereocenters. The lowest BCUT2D eigenvalue weighted by Crippen LogP contribution is -2.23. The fourth-order valence-corrected chi connectivity index (χ4v) is 2.68. The molecule has 1 saturated carbocycles. The van der Waals surface area contributed by atoms with Gasteiger partial charge in [0.05, 0.1) is 0 Å². The van der Waals surface area contributed by atoms with E-state index in [2.05, 4.69) is 17.4 Å². The zero-order valence-electron chi connectivity index (χ0n) is 9.71. The maximum absolute atomic E-state index is 6.10. The van der Waals surface area contributed by atoms with Crippen molar-refractivity contribution in [1.82, 2.24) is 5.32 Å². The topological polar surface area (TPSA) is 12.0 Å². The van der Waals surface area contributed by atoms with Crippen LogP contribution in [-0.2, 0) is 6.42 Å². The molecule has 0 bridgehead atoms. The summed E-state index contributed by atoms with van der Waals surface area (Å²) >= 11 is 6.10. The van der Waals surface area contributed by atoms with Crippen LogP contribution in [0.2, 0.25) is 5.02 Å². The van der Waals surface area contributed by atoms with E-state index in [-0.39, 0.29) is 0 Å². The highest BCUT2D eigenvalue weighted by molar-refractivity contribution is 6.31. The van der Waals surface area contributed by atoms with Crippen LogP contribution in [0.15, 0.2) is 24.3 Å². The molecule has 1 aromatic rings. The Bertz CT molecular complexity index is 318. The first-order valence-electron chi connectivity index (χ1n) is 6.30. The van der Waals surface area contributed by atoms with Gasteiger partial charge in [-0.3, -0.25) is 0 Å². The Hall–Kier alpha value is -0.530. The van der Waals surface area contributed by atoms with Crippen LogP contribution >= 0.6 is 11.6 Å². The van der Waals surface area contributed by atoms with Crippen LogP contribution in [0.1, 0.15) is 31.2 Å². The predicted octanol–water partition coefficient (Wildman–Crippen LogP) is 3.66. The second-order valence-corrected chi connectivity index (χ2v) is 5.10. The molecule has 1 aliphatic carbocycles. The average molecular weight is 238 g/mol. The largest absolute Gasteiger partial charge is 0.316 e. The third-order valence-corrected chi connectivity index (χ3v) is 3.81.